The Balaban J connectivity index is 0.000000293. The molecule has 1 saturated carbocycles. The molecule has 0 saturated heterocycles. The molecule has 0 radical (unpaired) electrons. The number of hydrogen-bond donors (Lipinski definition) is 0. The highest BCUT2D eigenvalue weighted by Crippen LogP contribution is 2.19. The lowest BCUT2D eigenvalue weighted by atomic mass is 9.98. The van der Waals surface area contributed by atoms with Gasteiger partial charge in [0.2, 0.25) is 0 Å². The molecule has 0 spiro atoms. The van der Waals surface area contributed by atoms with Crippen LogP contribution in [0, 0.1) is 0 Å². The Kier molecular flexibility index (Phi) is 11.4. The van der Waals surface area contributed by atoms with Gasteiger partial charge in [-0.2, -0.15) is 0 Å². The molecule has 16 heavy (non-hydrogen) atoms. The lowest BCUT2D eigenvalue weighted by Crippen LogP contribution is -2.13. The Morgan fingerprint density at radius 1 is 1.06 bits per heavy atom. The van der Waals surface area contributed by atoms with E-state index in [2.05, 4.69) is 17.9 Å². The van der Waals surface area contributed by atoms with Crippen LogP contribution in [0.5, 0.6) is 0 Å². The molecule has 3 nitrogen and oxygen atoms in total. The van der Waals surface area contributed by atoms with Crippen LogP contribution in [0.1, 0.15) is 32.1 Å². The molecule has 1 aliphatic rings. The minimum Gasteiger partial charge on any atom is -0.499 e. The summed E-state index contributed by atoms with van der Waals surface area (Å²) in [5.74, 6) is 0. The maximum Gasteiger partial charge on any atom is 0.111 e. The molecule has 0 aliphatic heterocycles. The molecule has 0 N–H and O–H groups in total. The van der Waals surface area contributed by atoms with Crippen LogP contribution in [0.2, 0.25) is 0 Å². The first-order valence-corrected chi connectivity index (χ1v) is 5.83. The number of ether oxygens (including phenoxy) is 3. The lowest BCUT2D eigenvalue weighted by molar-refractivity contribution is 0.107. The quantitative estimate of drug-likeness (QED) is 0.516. The Labute approximate surface area is 99.1 Å². The predicted octanol–water partition coefficient (Wildman–Crippen LogP) is 3.27. The second kappa shape index (κ2) is 12.1. The van der Waals surface area contributed by atoms with Gasteiger partial charge in [0, 0.05) is 7.11 Å². The second-order valence-corrected chi connectivity index (χ2v) is 3.59. The van der Waals surface area contributed by atoms with Crippen LogP contribution in [0.25, 0.3) is 0 Å². The zero-order valence-corrected chi connectivity index (χ0v) is 10.3. The summed E-state index contributed by atoms with van der Waals surface area (Å²) >= 11 is 0. The molecule has 0 aromatic carbocycles. The van der Waals surface area contributed by atoms with Gasteiger partial charge in [-0.15, -0.1) is 0 Å². The van der Waals surface area contributed by atoms with E-state index in [0.717, 1.165) is 0 Å². The topological polar surface area (TPSA) is 27.7 Å². The summed E-state index contributed by atoms with van der Waals surface area (Å²) in [6.07, 6.45) is 9.96. The van der Waals surface area contributed by atoms with Gasteiger partial charge in [0.15, 0.2) is 0 Å². The number of methoxy groups -OCH3 is 1. The van der Waals surface area contributed by atoms with Gasteiger partial charge in [0.05, 0.1) is 25.2 Å². The molecule has 3 heteroatoms. The molecule has 1 aliphatic carbocycles. The highest BCUT2D eigenvalue weighted by Gasteiger charge is 2.11. The molecule has 1 rings (SSSR count). The minimum atomic E-state index is 0.483. The van der Waals surface area contributed by atoms with Crippen molar-refractivity contribution in [3.8, 4) is 0 Å². The van der Waals surface area contributed by atoms with E-state index in [1.807, 2.05) is 0 Å². The van der Waals surface area contributed by atoms with E-state index < -0.39 is 0 Å². The highest BCUT2D eigenvalue weighted by atomic mass is 16.5. The first-order chi connectivity index (χ1) is 7.85. The van der Waals surface area contributed by atoms with Crippen LogP contribution >= 0.6 is 0 Å². The molecular weight excluding hydrogens is 204 g/mol. The summed E-state index contributed by atoms with van der Waals surface area (Å²) in [4.78, 5) is 0. The fourth-order valence-electron chi connectivity index (χ4n) is 1.55. The smallest absolute Gasteiger partial charge is 0.111 e. The van der Waals surface area contributed by atoms with Gasteiger partial charge < -0.3 is 14.2 Å². The molecular formula is C13H24O3. The van der Waals surface area contributed by atoms with E-state index in [4.69, 9.17) is 9.47 Å². The standard InChI is InChI=1S/C8H14O.C5H10O2/c1-2-9-8-6-4-3-5-7-8;1-3-7-5-4-6-2/h2,8H,1,3-7H2;3H,1,4-5H2,2H3. The predicted molar refractivity (Wildman–Crippen MR) is 66.2 cm³/mol. The Morgan fingerprint density at radius 3 is 2.25 bits per heavy atom. The van der Waals surface area contributed by atoms with Crippen molar-refractivity contribution in [1.82, 2.24) is 0 Å². The average molecular weight is 228 g/mol. The fourth-order valence-corrected chi connectivity index (χ4v) is 1.55. The zero-order chi connectivity index (χ0) is 12.1. The first kappa shape index (κ1) is 15.0. The van der Waals surface area contributed by atoms with Gasteiger partial charge in [0.25, 0.3) is 0 Å². The van der Waals surface area contributed by atoms with Crippen LogP contribution in [0.4, 0.5) is 0 Å². The summed E-state index contributed by atoms with van der Waals surface area (Å²) in [6.45, 7) is 8.12. The lowest BCUT2D eigenvalue weighted by Gasteiger charge is -2.20. The summed E-state index contributed by atoms with van der Waals surface area (Å²) in [5.41, 5.74) is 0. The third-order valence-corrected chi connectivity index (χ3v) is 2.36. The van der Waals surface area contributed by atoms with Crippen LogP contribution in [-0.4, -0.2) is 26.4 Å². The third-order valence-electron chi connectivity index (χ3n) is 2.36. The molecule has 94 valence electrons. The van der Waals surface area contributed by atoms with Gasteiger partial charge in [-0.25, -0.2) is 0 Å². The van der Waals surface area contributed by atoms with Crippen molar-refractivity contribution in [2.45, 2.75) is 38.2 Å². The number of hydrogen-bond acceptors (Lipinski definition) is 3. The summed E-state index contributed by atoms with van der Waals surface area (Å²) < 4.78 is 14.6. The first-order valence-electron chi connectivity index (χ1n) is 5.83. The van der Waals surface area contributed by atoms with Crippen LogP contribution < -0.4 is 0 Å². The average Bonchev–Trinajstić information content (AvgIpc) is 2.32. The van der Waals surface area contributed by atoms with Gasteiger partial charge in [-0.1, -0.05) is 19.6 Å². The van der Waals surface area contributed by atoms with Crippen LogP contribution in [0.15, 0.2) is 25.7 Å². The van der Waals surface area contributed by atoms with E-state index in [9.17, 15) is 0 Å². The van der Waals surface area contributed by atoms with Gasteiger partial charge in [0.1, 0.15) is 6.61 Å². The van der Waals surface area contributed by atoms with E-state index in [1.54, 1.807) is 13.4 Å². The largest absolute Gasteiger partial charge is 0.499 e. The zero-order valence-electron chi connectivity index (χ0n) is 10.3. The third kappa shape index (κ3) is 9.59. The van der Waals surface area contributed by atoms with Crippen molar-refractivity contribution in [2.24, 2.45) is 0 Å². The van der Waals surface area contributed by atoms with Gasteiger partial charge in [-0.3, -0.25) is 0 Å². The van der Waals surface area contributed by atoms with E-state index in [0.29, 0.717) is 19.3 Å². The highest BCUT2D eigenvalue weighted by molar-refractivity contribution is 4.67. The molecule has 0 bridgehead atoms. The Hall–Kier alpha value is -0.960. The van der Waals surface area contributed by atoms with Crippen molar-refractivity contribution in [1.29, 1.82) is 0 Å². The van der Waals surface area contributed by atoms with E-state index >= 15 is 0 Å². The molecule has 0 heterocycles. The molecule has 1 fully saturated rings. The van der Waals surface area contributed by atoms with Crippen molar-refractivity contribution >= 4 is 0 Å². The SMILES string of the molecule is C=COC1CCCCC1.C=COCCOC. The van der Waals surface area contributed by atoms with Crippen molar-refractivity contribution in [2.75, 3.05) is 20.3 Å². The van der Waals surface area contributed by atoms with E-state index in [-0.39, 0.29) is 0 Å². The van der Waals surface area contributed by atoms with Gasteiger partial charge >= 0.3 is 0 Å². The normalized spacial score (nSPS) is 15.6. The monoisotopic (exact) mass is 228 g/mol. The summed E-state index contributed by atoms with van der Waals surface area (Å²) in [7, 11) is 1.63. The maximum atomic E-state index is 5.25. The van der Waals surface area contributed by atoms with Crippen molar-refractivity contribution in [3.63, 3.8) is 0 Å². The fraction of sp³-hybridized carbons (Fsp3) is 0.692. The van der Waals surface area contributed by atoms with E-state index in [1.165, 1.54) is 38.4 Å². The Morgan fingerprint density at radius 2 is 1.75 bits per heavy atom. The van der Waals surface area contributed by atoms with Gasteiger partial charge in [-0.05, 0) is 25.7 Å². The van der Waals surface area contributed by atoms with Crippen molar-refractivity contribution < 1.29 is 14.2 Å². The van der Waals surface area contributed by atoms with Crippen molar-refractivity contribution in [3.05, 3.63) is 25.7 Å². The Bertz CT molecular complexity index is 163. The molecule has 0 aromatic rings. The van der Waals surface area contributed by atoms with Crippen LogP contribution in [-0.2, 0) is 14.2 Å². The molecule has 0 unspecified atom stereocenters. The summed E-state index contributed by atoms with van der Waals surface area (Å²) in [5, 5.41) is 0. The second-order valence-electron chi connectivity index (χ2n) is 3.59. The minimum absolute atomic E-state index is 0.483. The maximum absolute atomic E-state index is 5.25. The number of rotatable bonds is 6. The molecule has 0 atom stereocenters. The molecule has 0 amide bonds. The molecule has 0 aromatic heterocycles. The summed E-state index contributed by atoms with van der Waals surface area (Å²) in [6, 6.07) is 0. The van der Waals surface area contributed by atoms with Crippen LogP contribution in [0.3, 0.4) is 0 Å².